The van der Waals surface area contributed by atoms with Crippen LogP contribution in [0.1, 0.15) is 29.8 Å². The molecular weight excluding hydrogens is 284 g/mol. The van der Waals surface area contributed by atoms with Crippen LogP contribution in [-0.2, 0) is 11.8 Å². The van der Waals surface area contributed by atoms with Crippen LogP contribution in [0.4, 0.5) is 0 Å². The molecule has 5 heteroatoms. The summed E-state index contributed by atoms with van der Waals surface area (Å²) in [5, 5.41) is 2.94. The Labute approximate surface area is 109 Å². The molecule has 0 radical (unpaired) electrons. The van der Waals surface area contributed by atoms with Crippen LogP contribution >= 0.6 is 15.9 Å². The Balaban J connectivity index is 1.95. The number of carbonyl (C=O) groups excluding carboxylic acids is 1. The summed E-state index contributed by atoms with van der Waals surface area (Å²) in [5.74, 6) is -0.0541. The Morgan fingerprint density at radius 3 is 2.76 bits per heavy atom. The van der Waals surface area contributed by atoms with Crippen LogP contribution in [0.15, 0.2) is 16.7 Å². The van der Waals surface area contributed by atoms with Gasteiger partial charge in [-0.3, -0.25) is 4.79 Å². The summed E-state index contributed by atoms with van der Waals surface area (Å²) in [6, 6.07) is 1.82. The number of hydrogen-bond donors (Lipinski definition) is 1. The predicted octanol–water partition coefficient (Wildman–Crippen LogP) is 2.09. The van der Waals surface area contributed by atoms with E-state index in [1.165, 1.54) is 6.42 Å². The molecule has 1 aromatic rings. The van der Waals surface area contributed by atoms with Gasteiger partial charge in [0.15, 0.2) is 0 Å². The van der Waals surface area contributed by atoms with Crippen molar-refractivity contribution in [2.24, 2.45) is 7.05 Å². The van der Waals surface area contributed by atoms with Gasteiger partial charge in [-0.25, -0.2) is 0 Å². The summed E-state index contributed by atoms with van der Waals surface area (Å²) >= 11 is 3.35. The molecule has 0 aliphatic heterocycles. The van der Waals surface area contributed by atoms with Gasteiger partial charge in [0.2, 0.25) is 0 Å². The molecule has 1 N–H and O–H groups in total. The monoisotopic (exact) mass is 300 g/mol. The first-order valence-corrected chi connectivity index (χ1v) is 6.51. The number of methoxy groups -OCH3 is 1. The lowest BCUT2D eigenvalue weighted by molar-refractivity contribution is -0.0679. The fourth-order valence-corrected chi connectivity index (χ4v) is 2.63. The molecule has 94 valence electrons. The van der Waals surface area contributed by atoms with E-state index < -0.39 is 0 Å². The third-order valence-electron chi connectivity index (χ3n) is 3.47. The molecule has 0 aromatic carbocycles. The second kappa shape index (κ2) is 4.82. The van der Waals surface area contributed by atoms with Crippen LogP contribution in [0.5, 0.6) is 0 Å². The lowest BCUT2D eigenvalue weighted by atomic mass is 9.80. The summed E-state index contributed by atoms with van der Waals surface area (Å²) in [5.41, 5.74) is 0.528. The van der Waals surface area contributed by atoms with Crippen molar-refractivity contribution in [2.75, 3.05) is 13.7 Å². The van der Waals surface area contributed by atoms with E-state index in [-0.39, 0.29) is 11.5 Å². The number of rotatable bonds is 4. The number of nitrogens with one attached hydrogen (secondary N) is 1. The molecule has 1 fully saturated rings. The molecule has 2 rings (SSSR count). The highest BCUT2D eigenvalue weighted by Gasteiger charge is 2.37. The lowest BCUT2D eigenvalue weighted by Crippen LogP contribution is -2.49. The molecule has 0 unspecified atom stereocenters. The van der Waals surface area contributed by atoms with Gasteiger partial charge in [-0.05, 0) is 41.3 Å². The molecule has 0 atom stereocenters. The standard InChI is InChI=1S/C12H17BrN2O2/c1-15-7-9(13)6-10(15)11(16)14-8-12(17-2)4-3-5-12/h6-7H,3-5,8H2,1-2H3,(H,14,16). The zero-order valence-corrected chi connectivity index (χ0v) is 11.7. The molecule has 1 amide bonds. The Kier molecular flexibility index (Phi) is 3.58. The Hall–Kier alpha value is -0.810. The van der Waals surface area contributed by atoms with Crippen LogP contribution in [0.25, 0.3) is 0 Å². The van der Waals surface area contributed by atoms with Gasteiger partial charge in [-0.1, -0.05) is 0 Å². The minimum Gasteiger partial charge on any atom is -0.376 e. The number of aromatic nitrogens is 1. The molecule has 1 heterocycles. The third-order valence-corrected chi connectivity index (χ3v) is 3.91. The second-order valence-electron chi connectivity index (χ2n) is 4.58. The average Bonchev–Trinajstić information content (AvgIpc) is 2.57. The number of nitrogens with zero attached hydrogens (tertiary/aromatic N) is 1. The van der Waals surface area contributed by atoms with Gasteiger partial charge in [0.1, 0.15) is 5.69 Å². The number of ether oxygens (including phenoxy) is 1. The molecule has 1 aliphatic carbocycles. The van der Waals surface area contributed by atoms with Crippen molar-refractivity contribution >= 4 is 21.8 Å². The van der Waals surface area contributed by atoms with E-state index in [0.29, 0.717) is 12.2 Å². The highest BCUT2D eigenvalue weighted by molar-refractivity contribution is 9.10. The average molecular weight is 301 g/mol. The van der Waals surface area contributed by atoms with Crippen LogP contribution in [0, 0.1) is 0 Å². The van der Waals surface area contributed by atoms with Crippen LogP contribution in [0.3, 0.4) is 0 Å². The molecule has 4 nitrogen and oxygen atoms in total. The summed E-state index contributed by atoms with van der Waals surface area (Å²) < 4.78 is 8.18. The van der Waals surface area contributed by atoms with Crippen molar-refractivity contribution in [1.82, 2.24) is 9.88 Å². The third kappa shape index (κ3) is 2.55. The first kappa shape index (κ1) is 12.6. The van der Waals surface area contributed by atoms with Gasteiger partial charge in [0, 0.05) is 31.4 Å². The Morgan fingerprint density at radius 1 is 1.65 bits per heavy atom. The lowest BCUT2D eigenvalue weighted by Gasteiger charge is -2.40. The number of halogens is 1. The highest BCUT2D eigenvalue weighted by Crippen LogP contribution is 2.34. The van der Waals surface area contributed by atoms with E-state index in [9.17, 15) is 4.79 Å². The molecular formula is C12H17BrN2O2. The molecule has 0 saturated heterocycles. The van der Waals surface area contributed by atoms with Crippen molar-refractivity contribution in [2.45, 2.75) is 24.9 Å². The fourth-order valence-electron chi connectivity index (χ4n) is 2.11. The number of aryl methyl sites for hydroxylation is 1. The van der Waals surface area contributed by atoms with Crippen LogP contribution < -0.4 is 5.32 Å². The number of carbonyl (C=O) groups is 1. The predicted molar refractivity (Wildman–Crippen MR) is 69.0 cm³/mol. The first-order valence-electron chi connectivity index (χ1n) is 5.71. The Bertz CT molecular complexity index is 419. The van der Waals surface area contributed by atoms with Gasteiger partial charge in [0.05, 0.1) is 5.60 Å². The second-order valence-corrected chi connectivity index (χ2v) is 5.49. The van der Waals surface area contributed by atoms with Gasteiger partial charge >= 0.3 is 0 Å². The minimum atomic E-state index is -0.127. The van der Waals surface area contributed by atoms with E-state index in [4.69, 9.17) is 4.74 Å². The molecule has 1 aromatic heterocycles. The quantitative estimate of drug-likeness (QED) is 0.925. The largest absolute Gasteiger partial charge is 0.376 e. The molecule has 0 bridgehead atoms. The molecule has 0 spiro atoms. The normalized spacial score (nSPS) is 17.6. The minimum absolute atomic E-state index is 0.0541. The molecule has 17 heavy (non-hydrogen) atoms. The summed E-state index contributed by atoms with van der Waals surface area (Å²) in [7, 11) is 3.57. The van der Waals surface area contributed by atoms with Crippen molar-refractivity contribution < 1.29 is 9.53 Å². The van der Waals surface area contributed by atoms with Crippen LogP contribution in [0.2, 0.25) is 0 Å². The first-order chi connectivity index (χ1) is 8.06. The van der Waals surface area contributed by atoms with E-state index in [1.807, 2.05) is 19.3 Å². The number of amides is 1. The zero-order chi connectivity index (χ0) is 12.5. The van der Waals surface area contributed by atoms with Gasteiger partial charge in [-0.2, -0.15) is 0 Å². The molecule has 1 aliphatic rings. The molecule has 1 saturated carbocycles. The summed E-state index contributed by atoms with van der Waals surface area (Å²) in [4.78, 5) is 12.0. The van der Waals surface area contributed by atoms with E-state index >= 15 is 0 Å². The SMILES string of the molecule is COC1(CNC(=O)c2cc(Br)cn2C)CCC1. The van der Waals surface area contributed by atoms with Gasteiger partial charge < -0.3 is 14.6 Å². The summed E-state index contributed by atoms with van der Waals surface area (Å²) in [6.45, 7) is 0.588. The summed E-state index contributed by atoms with van der Waals surface area (Å²) in [6.07, 6.45) is 5.10. The van der Waals surface area contributed by atoms with Crippen LogP contribution in [-0.4, -0.2) is 29.7 Å². The number of hydrogen-bond acceptors (Lipinski definition) is 2. The maximum absolute atomic E-state index is 12.0. The van der Waals surface area contributed by atoms with Crippen molar-refractivity contribution in [1.29, 1.82) is 0 Å². The fraction of sp³-hybridized carbons (Fsp3) is 0.583. The van der Waals surface area contributed by atoms with E-state index in [1.54, 1.807) is 11.7 Å². The highest BCUT2D eigenvalue weighted by atomic mass is 79.9. The smallest absolute Gasteiger partial charge is 0.268 e. The maximum atomic E-state index is 12.0. The van der Waals surface area contributed by atoms with Crippen molar-refractivity contribution in [3.8, 4) is 0 Å². The van der Waals surface area contributed by atoms with E-state index in [0.717, 1.165) is 17.3 Å². The van der Waals surface area contributed by atoms with Crippen molar-refractivity contribution in [3.63, 3.8) is 0 Å². The topological polar surface area (TPSA) is 43.3 Å². The maximum Gasteiger partial charge on any atom is 0.268 e. The van der Waals surface area contributed by atoms with Gasteiger partial charge in [-0.15, -0.1) is 0 Å². The van der Waals surface area contributed by atoms with Gasteiger partial charge in [0.25, 0.3) is 5.91 Å². The zero-order valence-electron chi connectivity index (χ0n) is 10.1. The van der Waals surface area contributed by atoms with Crippen molar-refractivity contribution in [3.05, 3.63) is 22.4 Å². The van der Waals surface area contributed by atoms with E-state index in [2.05, 4.69) is 21.2 Å². The Morgan fingerprint density at radius 2 is 2.35 bits per heavy atom.